The molecular formula is C25H27ClN2O4S. The first kappa shape index (κ1) is 24.8. The van der Waals surface area contributed by atoms with Crippen LogP contribution in [0.2, 0.25) is 0 Å². The Kier molecular flexibility index (Phi) is 7.79. The van der Waals surface area contributed by atoms with Crippen molar-refractivity contribution in [2.24, 2.45) is 5.73 Å². The van der Waals surface area contributed by atoms with Crippen LogP contribution in [0.25, 0.3) is 0 Å². The number of ketones is 1. The van der Waals surface area contributed by atoms with E-state index in [1.54, 1.807) is 12.1 Å². The number of hydrogen-bond donors (Lipinski definition) is 1. The van der Waals surface area contributed by atoms with Crippen molar-refractivity contribution in [2.45, 2.75) is 32.0 Å². The van der Waals surface area contributed by atoms with Gasteiger partial charge in [0.05, 0.1) is 24.5 Å². The maximum atomic E-state index is 13.0. The maximum absolute atomic E-state index is 13.0. The molecule has 1 atom stereocenters. The molecule has 0 spiro atoms. The molecule has 0 saturated carbocycles. The molecule has 0 radical (unpaired) electrons. The van der Waals surface area contributed by atoms with Crippen LogP contribution in [0.5, 0.6) is 5.75 Å². The number of nitrogens with zero attached hydrogens (tertiary/aromatic N) is 1. The summed E-state index contributed by atoms with van der Waals surface area (Å²) in [6.07, 6.45) is 2.14. The molecule has 3 aromatic carbocycles. The molecule has 174 valence electrons. The van der Waals surface area contributed by atoms with E-state index in [4.69, 9.17) is 10.5 Å². The zero-order chi connectivity index (χ0) is 22.7. The third-order valence-corrected chi connectivity index (χ3v) is 6.72. The van der Waals surface area contributed by atoms with Crippen LogP contribution in [0, 0.1) is 0 Å². The Bertz CT molecular complexity index is 1220. The molecule has 1 aliphatic carbocycles. The highest BCUT2D eigenvalue weighted by molar-refractivity contribution is 7.92. The smallest absolute Gasteiger partial charge is 0.232 e. The van der Waals surface area contributed by atoms with Gasteiger partial charge in [0.25, 0.3) is 0 Å². The van der Waals surface area contributed by atoms with E-state index in [0.29, 0.717) is 35.4 Å². The molecule has 1 unspecified atom stereocenters. The molecule has 0 heterocycles. The third kappa shape index (κ3) is 5.55. The molecule has 0 fully saturated rings. The van der Waals surface area contributed by atoms with Gasteiger partial charge in [-0.15, -0.1) is 12.4 Å². The van der Waals surface area contributed by atoms with Crippen LogP contribution < -0.4 is 14.8 Å². The van der Waals surface area contributed by atoms with E-state index in [-0.39, 0.29) is 31.3 Å². The Morgan fingerprint density at radius 1 is 0.970 bits per heavy atom. The van der Waals surface area contributed by atoms with Crippen molar-refractivity contribution in [1.29, 1.82) is 0 Å². The van der Waals surface area contributed by atoms with Gasteiger partial charge >= 0.3 is 0 Å². The number of anilines is 1. The summed E-state index contributed by atoms with van der Waals surface area (Å²) in [7, 11) is -3.68. The molecule has 4 rings (SSSR count). The fraction of sp³-hybridized carbons (Fsp3) is 0.240. The fourth-order valence-electron chi connectivity index (χ4n) is 3.97. The molecule has 0 saturated heterocycles. The minimum absolute atomic E-state index is 0. The van der Waals surface area contributed by atoms with Crippen LogP contribution in [0.1, 0.15) is 33.5 Å². The van der Waals surface area contributed by atoms with Gasteiger partial charge < -0.3 is 10.5 Å². The number of Topliss-reactive ketones (excluding diaryl/α,β-unsaturated/α-hetero) is 1. The lowest BCUT2D eigenvalue weighted by Crippen LogP contribution is -2.37. The van der Waals surface area contributed by atoms with Crippen molar-refractivity contribution in [3.8, 4) is 5.75 Å². The Labute approximate surface area is 200 Å². The van der Waals surface area contributed by atoms with Crippen LogP contribution in [-0.4, -0.2) is 26.5 Å². The Morgan fingerprint density at radius 3 is 2.18 bits per heavy atom. The molecule has 0 amide bonds. The summed E-state index contributed by atoms with van der Waals surface area (Å²) in [5, 5.41) is 0. The van der Waals surface area contributed by atoms with Crippen molar-refractivity contribution in [3.63, 3.8) is 0 Å². The monoisotopic (exact) mass is 486 g/mol. The van der Waals surface area contributed by atoms with Gasteiger partial charge in [0, 0.05) is 5.56 Å². The summed E-state index contributed by atoms with van der Waals surface area (Å²) in [5.74, 6) is 0.257. The number of halogens is 1. The molecule has 6 nitrogen and oxygen atoms in total. The second-order valence-corrected chi connectivity index (χ2v) is 9.88. The van der Waals surface area contributed by atoms with Gasteiger partial charge in [-0.25, -0.2) is 8.42 Å². The average molecular weight is 487 g/mol. The van der Waals surface area contributed by atoms with Gasteiger partial charge in [-0.2, -0.15) is 0 Å². The highest BCUT2D eigenvalue weighted by atomic mass is 35.5. The Balaban J connectivity index is 0.00000306. The number of ether oxygens (including phenoxy) is 1. The quantitative estimate of drug-likeness (QED) is 0.542. The number of carbonyl (C=O) groups is 1. The van der Waals surface area contributed by atoms with Gasteiger partial charge in [0.1, 0.15) is 12.4 Å². The van der Waals surface area contributed by atoms with Gasteiger partial charge in [-0.05, 0) is 41.7 Å². The zero-order valence-corrected chi connectivity index (χ0v) is 19.9. The second-order valence-electron chi connectivity index (χ2n) is 7.98. The molecule has 1 aliphatic rings. The SMILES string of the molecule is CS(=O)(=O)N(Cc1ccccc1)c1c(OCc2ccccc2)ccc2c1CCC(N)C2=O.Cl. The van der Waals surface area contributed by atoms with Crippen molar-refractivity contribution < 1.29 is 17.9 Å². The first-order valence-corrected chi connectivity index (χ1v) is 12.3. The first-order chi connectivity index (χ1) is 15.3. The van der Waals surface area contributed by atoms with Crippen molar-refractivity contribution >= 4 is 33.9 Å². The van der Waals surface area contributed by atoms with Crippen LogP contribution in [0.4, 0.5) is 5.69 Å². The van der Waals surface area contributed by atoms with E-state index >= 15 is 0 Å². The summed E-state index contributed by atoms with van der Waals surface area (Å²) in [4.78, 5) is 12.8. The minimum atomic E-state index is -3.68. The summed E-state index contributed by atoms with van der Waals surface area (Å²) in [5.41, 5.74) is 9.34. The fourth-order valence-corrected chi connectivity index (χ4v) is 4.88. The predicted octanol–water partition coefficient (Wildman–Crippen LogP) is 4.11. The van der Waals surface area contributed by atoms with Crippen LogP contribution in [0.15, 0.2) is 72.8 Å². The molecule has 33 heavy (non-hydrogen) atoms. The Hall–Kier alpha value is -2.87. The molecule has 3 aromatic rings. The molecule has 2 N–H and O–H groups in total. The van der Waals surface area contributed by atoms with Gasteiger partial charge in [-0.1, -0.05) is 60.7 Å². The lowest BCUT2D eigenvalue weighted by molar-refractivity contribution is 0.0948. The highest BCUT2D eigenvalue weighted by Gasteiger charge is 2.32. The summed E-state index contributed by atoms with van der Waals surface area (Å²) >= 11 is 0. The number of benzene rings is 3. The van der Waals surface area contributed by atoms with E-state index in [9.17, 15) is 13.2 Å². The average Bonchev–Trinajstić information content (AvgIpc) is 2.79. The summed E-state index contributed by atoms with van der Waals surface area (Å²) in [6, 6.07) is 21.8. The molecular weight excluding hydrogens is 460 g/mol. The summed E-state index contributed by atoms with van der Waals surface area (Å²) in [6.45, 7) is 0.418. The number of carbonyl (C=O) groups excluding carboxylic acids is 1. The third-order valence-electron chi connectivity index (χ3n) is 5.61. The van der Waals surface area contributed by atoms with Crippen molar-refractivity contribution in [2.75, 3.05) is 10.6 Å². The Morgan fingerprint density at radius 2 is 1.58 bits per heavy atom. The molecule has 0 bridgehead atoms. The number of rotatable bonds is 7. The standard InChI is InChI=1S/C25H26N2O4S.ClH/c1-32(29,30)27(16-18-8-4-2-5-9-18)24-20-12-14-22(26)25(28)21(20)13-15-23(24)31-17-19-10-6-3-7-11-19;/h2-11,13,15,22H,12,14,16-17,26H2,1H3;1H. The van der Waals surface area contributed by atoms with Crippen LogP contribution >= 0.6 is 12.4 Å². The van der Waals surface area contributed by atoms with Crippen molar-refractivity contribution in [3.05, 3.63) is 95.1 Å². The van der Waals surface area contributed by atoms with Gasteiger partial charge in [0.15, 0.2) is 5.78 Å². The minimum Gasteiger partial charge on any atom is -0.487 e. The topological polar surface area (TPSA) is 89.7 Å². The summed E-state index contributed by atoms with van der Waals surface area (Å²) < 4.78 is 33.4. The van der Waals surface area contributed by atoms with Gasteiger partial charge in [-0.3, -0.25) is 9.10 Å². The lowest BCUT2D eigenvalue weighted by Gasteiger charge is -2.31. The first-order valence-electron chi connectivity index (χ1n) is 10.5. The number of fused-ring (bicyclic) bond motifs is 1. The van der Waals surface area contributed by atoms with Crippen LogP contribution in [0.3, 0.4) is 0 Å². The van der Waals surface area contributed by atoms with E-state index in [2.05, 4.69) is 0 Å². The number of sulfonamides is 1. The lowest BCUT2D eigenvalue weighted by atomic mass is 9.86. The van der Waals surface area contributed by atoms with Crippen LogP contribution in [-0.2, 0) is 29.6 Å². The second kappa shape index (κ2) is 10.4. The predicted molar refractivity (Wildman–Crippen MR) is 133 cm³/mol. The van der Waals surface area contributed by atoms with Crippen molar-refractivity contribution in [1.82, 2.24) is 0 Å². The van der Waals surface area contributed by atoms with Gasteiger partial charge in [0.2, 0.25) is 10.0 Å². The van der Waals surface area contributed by atoms with E-state index in [0.717, 1.165) is 11.1 Å². The molecule has 8 heteroatoms. The maximum Gasteiger partial charge on any atom is 0.232 e. The highest BCUT2D eigenvalue weighted by Crippen LogP contribution is 2.40. The largest absolute Gasteiger partial charge is 0.487 e. The normalized spacial score (nSPS) is 15.3. The van der Waals surface area contributed by atoms with E-state index in [1.807, 2.05) is 60.7 Å². The molecule has 0 aromatic heterocycles. The number of hydrogen-bond acceptors (Lipinski definition) is 5. The zero-order valence-electron chi connectivity index (χ0n) is 18.3. The van der Waals surface area contributed by atoms with E-state index in [1.165, 1.54) is 10.6 Å². The van der Waals surface area contributed by atoms with E-state index < -0.39 is 16.1 Å². The molecule has 0 aliphatic heterocycles. The number of nitrogens with two attached hydrogens (primary N) is 1.